The molecular formula is C22H28N4O3. The molecule has 0 aliphatic carbocycles. The van der Waals surface area contributed by atoms with Crippen LogP contribution in [0.5, 0.6) is 5.75 Å². The molecule has 2 aromatic rings. The smallest absolute Gasteiger partial charge is 0.251 e. The number of nitrogens with zero attached hydrogens (tertiary/aromatic N) is 3. The molecule has 1 N–H and O–H groups in total. The maximum absolute atomic E-state index is 12.6. The first-order chi connectivity index (χ1) is 14.1. The van der Waals surface area contributed by atoms with Crippen molar-refractivity contribution < 1.29 is 14.3 Å². The van der Waals surface area contributed by atoms with E-state index in [1.165, 1.54) is 0 Å². The number of likely N-dealkylation sites (tertiary alicyclic amines) is 1. The van der Waals surface area contributed by atoms with Crippen LogP contribution in [-0.4, -0.2) is 58.8 Å². The Morgan fingerprint density at radius 1 is 1.38 bits per heavy atom. The molecule has 7 nitrogen and oxygen atoms in total. The van der Waals surface area contributed by atoms with Crippen LogP contribution in [-0.2, 0) is 18.3 Å². The molecule has 154 valence electrons. The van der Waals surface area contributed by atoms with Gasteiger partial charge in [0.05, 0.1) is 25.4 Å². The summed E-state index contributed by atoms with van der Waals surface area (Å²) >= 11 is 0. The van der Waals surface area contributed by atoms with Crippen molar-refractivity contribution in [2.45, 2.75) is 31.1 Å². The molecule has 1 amide bonds. The third-order valence-electron chi connectivity index (χ3n) is 6.99. The average molecular weight is 396 g/mol. The van der Waals surface area contributed by atoms with Gasteiger partial charge in [-0.2, -0.15) is 0 Å². The van der Waals surface area contributed by atoms with E-state index in [9.17, 15) is 4.79 Å². The summed E-state index contributed by atoms with van der Waals surface area (Å²) in [6, 6.07) is 7.24. The molecule has 29 heavy (non-hydrogen) atoms. The molecule has 4 atom stereocenters. The molecule has 3 saturated heterocycles. The van der Waals surface area contributed by atoms with Gasteiger partial charge in [0.25, 0.3) is 5.91 Å². The van der Waals surface area contributed by atoms with Crippen molar-refractivity contribution in [3.63, 3.8) is 0 Å². The second kappa shape index (κ2) is 7.15. The number of aromatic nitrogens is 2. The van der Waals surface area contributed by atoms with Gasteiger partial charge in [-0.25, -0.2) is 4.98 Å². The predicted octanol–water partition coefficient (Wildman–Crippen LogP) is 1.84. The maximum atomic E-state index is 12.6. The van der Waals surface area contributed by atoms with Gasteiger partial charge in [-0.05, 0) is 37.1 Å². The second-order valence-corrected chi connectivity index (χ2v) is 8.59. The zero-order valence-electron chi connectivity index (χ0n) is 17.0. The van der Waals surface area contributed by atoms with Crippen LogP contribution in [0.4, 0.5) is 0 Å². The van der Waals surface area contributed by atoms with Crippen molar-refractivity contribution in [2.75, 3.05) is 26.7 Å². The molecule has 3 aliphatic heterocycles. The first kappa shape index (κ1) is 18.6. The van der Waals surface area contributed by atoms with Crippen LogP contribution in [0.3, 0.4) is 0 Å². The Morgan fingerprint density at radius 3 is 2.93 bits per heavy atom. The minimum Gasteiger partial charge on any atom is -0.497 e. The van der Waals surface area contributed by atoms with E-state index in [1.807, 2.05) is 31.6 Å². The number of carbonyl (C=O) groups is 1. The summed E-state index contributed by atoms with van der Waals surface area (Å²) in [6.07, 6.45) is 6.33. The Bertz CT molecular complexity index is 896. The maximum Gasteiger partial charge on any atom is 0.251 e. The fourth-order valence-electron chi connectivity index (χ4n) is 5.48. The predicted molar refractivity (Wildman–Crippen MR) is 108 cm³/mol. The van der Waals surface area contributed by atoms with Gasteiger partial charge in [-0.15, -0.1) is 0 Å². The second-order valence-electron chi connectivity index (χ2n) is 8.59. The molecule has 1 aromatic heterocycles. The molecule has 4 heterocycles. The van der Waals surface area contributed by atoms with Gasteiger partial charge in [-0.1, -0.05) is 0 Å². The lowest BCUT2D eigenvalue weighted by atomic mass is 9.73. The van der Waals surface area contributed by atoms with Gasteiger partial charge in [0, 0.05) is 56.5 Å². The minimum atomic E-state index is -0.0364. The Labute approximate surface area is 171 Å². The summed E-state index contributed by atoms with van der Waals surface area (Å²) in [7, 11) is 3.66. The number of hydrogen-bond acceptors (Lipinski definition) is 5. The number of fused-ring (bicyclic) bond motifs is 1. The zero-order valence-corrected chi connectivity index (χ0v) is 17.0. The van der Waals surface area contributed by atoms with E-state index in [0.717, 1.165) is 44.0 Å². The van der Waals surface area contributed by atoms with Crippen LogP contribution in [0, 0.1) is 11.8 Å². The number of ether oxygens (including phenoxy) is 2. The van der Waals surface area contributed by atoms with Crippen molar-refractivity contribution in [1.82, 2.24) is 19.8 Å². The van der Waals surface area contributed by atoms with Crippen LogP contribution in [0.2, 0.25) is 0 Å². The van der Waals surface area contributed by atoms with Crippen LogP contribution >= 0.6 is 0 Å². The van der Waals surface area contributed by atoms with Crippen LogP contribution in [0.25, 0.3) is 0 Å². The highest BCUT2D eigenvalue weighted by Crippen LogP contribution is 2.54. The average Bonchev–Trinajstić information content (AvgIpc) is 3.48. The van der Waals surface area contributed by atoms with E-state index in [-0.39, 0.29) is 17.6 Å². The van der Waals surface area contributed by atoms with Gasteiger partial charge in [0.2, 0.25) is 0 Å². The lowest BCUT2D eigenvalue weighted by Gasteiger charge is -2.29. The number of amides is 1. The van der Waals surface area contributed by atoms with E-state index < -0.39 is 0 Å². The van der Waals surface area contributed by atoms with Crippen LogP contribution in [0.15, 0.2) is 36.7 Å². The molecular weight excluding hydrogens is 368 g/mol. The van der Waals surface area contributed by atoms with E-state index in [1.54, 1.807) is 19.2 Å². The number of nitrogens with one attached hydrogen (secondary N) is 1. The van der Waals surface area contributed by atoms with E-state index in [2.05, 4.69) is 19.8 Å². The van der Waals surface area contributed by atoms with Crippen LogP contribution < -0.4 is 10.1 Å². The van der Waals surface area contributed by atoms with Gasteiger partial charge in [0.1, 0.15) is 11.6 Å². The van der Waals surface area contributed by atoms with E-state index in [0.29, 0.717) is 23.9 Å². The number of hydrogen-bond donors (Lipinski definition) is 1. The number of benzene rings is 1. The molecule has 0 saturated carbocycles. The summed E-state index contributed by atoms with van der Waals surface area (Å²) < 4.78 is 13.8. The Balaban J connectivity index is 1.23. The SMILES string of the molecule is COc1ccc(C(=O)NC[C@H]2[C@H]3CN(Cc4nccn4C)C[C@]34CC[C@H]2O4)cc1. The summed E-state index contributed by atoms with van der Waals surface area (Å²) in [6.45, 7) is 3.48. The van der Waals surface area contributed by atoms with Gasteiger partial charge >= 0.3 is 0 Å². The molecule has 3 aliphatic rings. The zero-order chi connectivity index (χ0) is 20.0. The largest absolute Gasteiger partial charge is 0.497 e. The molecule has 1 spiro atoms. The summed E-state index contributed by atoms with van der Waals surface area (Å²) in [4.78, 5) is 19.5. The lowest BCUT2D eigenvalue weighted by Crippen LogP contribution is -2.41. The Morgan fingerprint density at radius 2 is 2.21 bits per heavy atom. The topological polar surface area (TPSA) is 68.6 Å². The highest BCUT2D eigenvalue weighted by atomic mass is 16.5. The molecule has 5 rings (SSSR count). The highest BCUT2D eigenvalue weighted by Gasteiger charge is 2.62. The monoisotopic (exact) mass is 396 g/mol. The molecule has 7 heteroatoms. The lowest BCUT2D eigenvalue weighted by molar-refractivity contribution is 0.00188. The fourth-order valence-corrected chi connectivity index (χ4v) is 5.48. The highest BCUT2D eigenvalue weighted by molar-refractivity contribution is 5.94. The van der Waals surface area contributed by atoms with Crippen LogP contribution in [0.1, 0.15) is 29.0 Å². The summed E-state index contributed by atoms with van der Waals surface area (Å²) in [5, 5.41) is 3.15. The van der Waals surface area contributed by atoms with E-state index in [4.69, 9.17) is 9.47 Å². The summed E-state index contributed by atoms with van der Waals surface area (Å²) in [5.74, 6) is 2.64. The number of imidazole rings is 1. The van der Waals surface area contributed by atoms with Crippen molar-refractivity contribution in [3.05, 3.63) is 48.0 Å². The van der Waals surface area contributed by atoms with Gasteiger partial charge < -0.3 is 19.4 Å². The quantitative estimate of drug-likeness (QED) is 0.807. The van der Waals surface area contributed by atoms with Crippen molar-refractivity contribution in [1.29, 1.82) is 0 Å². The minimum absolute atomic E-state index is 0.0349. The van der Waals surface area contributed by atoms with Crippen molar-refractivity contribution in [3.8, 4) is 5.75 Å². The van der Waals surface area contributed by atoms with Gasteiger partial charge in [-0.3, -0.25) is 9.69 Å². The molecule has 0 radical (unpaired) electrons. The molecule has 3 fully saturated rings. The number of methoxy groups -OCH3 is 1. The molecule has 0 unspecified atom stereocenters. The fraction of sp³-hybridized carbons (Fsp3) is 0.545. The number of carbonyl (C=O) groups excluding carboxylic acids is 1. The van der Waals surface area contributed by atoms with Crippen molar-refractivity contribution in [2.24, 2.45) is 18.9 Å². The van der Waals surface area contributed by atoms with Gasteiger partial charge in [0.15, 0.2) is 0 Å². The standard InChI is InChI=1S/C22H28N4O3/c1-25-10-9-23-20(25)13-26-12-18-17(19-7-8-22(18,14-26)29-19)11-24-21(27)15-3-5-16(28-2)6-4-15/h3-6,9-10,17-19H,7-8,11-14H2,1-2H3,(H,24,27)/t17-,18+,19+,22+/m0/s1. The first-order valence-corrected chi connectivity index (χ1v) is 10.4. The van der Waals surface area contributed by atoms with E-state index >= 15 is 0 Å². The Hall–Kier alpha value is -2.38. The van der Waals surface area contributed by atoms with Crippen molar-refractivity contribution >= 4 is 5.91 Å². The molecule has 1 aromatic carbocycles. The number of aryl methyl sites for hydroxylation is 1. The third-order valence-corrected chi connectivity index (χ3v) is 6.99. The third kappa shape index (κ3) is 3.22. The first-order valence-electron chi connectivity index (χ1n) is 10.4. The Kier molecular flexibility index (Phi) is 4.59. The summed E-state index contributed by atoms with van der Waals surface area (Å²) in [5.41, 5.74) is 0.623. The number of rotatable bonds is 6. The molecule has 2 bridgehead atoms. The normalized spacial score (nSPS) is 30.5.